The third-order valence-corrected chi connectivity index (χ3v) is 5.19. The second kappa shape index (κ2) is 7.14. The third-order valence-electron chi connectivity index (χ3n) is 4.50. The van der Waals surface area contributed by atoms with Crippen LogP contribution in [0.2, 0.25) is 0 Å². The highest BCUT2D eigenvalue weighted by Crippen LogP contribution is 2.31. The van der Waals surface area contributed by atoms with E-state index in [0.29, 0.717) is 24.9 Å². The fourth-order valence-corrected chi connectivity index (χ4v) is 3.81. The Morgan fingerprint density at radius 3 is 2.69 bits per heavy atom. The molecule has 0 aliphatic carbocycles. The second-order valence-electron chi connectivity index (χ2n) is 6.28. The lowest BCUT2D eigenvalue weighted by atomic mass is 9.99. The third kappa shape index (κ3) is 3.39. The van der Waals surface area contributed by atoms with E-state index in [-0.39, 0.29) is 11.8 Å². The molecule has 0 spiro atoms. The van der Waals surface area contributed by atoms with Gasteiger partial charge < -0.3 is 10.2 Å². The molecule has 2 amide bonds. The Labute approximate surface area is 156 Å². The van der Waals surface area contributed by atoms with Crippen LogP contribution in [0, 0.1) is 0 Å². The first-order valence-electron chi connectivity index (χ1n) is 8.51. The Kier molecular flexibility index (Phi) is 4.54. The molecule has 130 valence electrons. The van der Waals surface area contributed by atoms with Crippen LogP contribution < -0.4 is 10.2 Å². The summed E-state index contributed by atoms with van der Waals surface area (Å²) in [6.07, 6.45) is 1.18. The zero-order chi connectivity index (χ0) is 17.9. The molecule has 4 nitrogen and oxygen atoms in total. The first-order valence-corrected chi connectivity index (χ1v) is 9.46. The molecule has 4 rings (SSSR count). The van der Waals surface area contributed by atoms with Gasteiger partial charge in [-0.15, -0.1) is 0 Å². The maximum absolute atomic E-state index is 12.4. The van der Waals surface area contributed by atoms with Gasteiger partial charge in [0, 0.05) is 23.2 Å². The van der Waals surface area contributed by atoms with Gasteiger partial charge in [0.15, 0.2) is 0 Å². The van der Waals surface area contributed by atoms with Gasteiger partial charge >= 0.3 is 0 Å². The molecule has 0 radical (unpaired) electrons. The van der Waals surface area contributed by atoms with Crippen molar-refractivity contribution in [2.45, 2.75) is 19.4 Å². The molecule has 0 atom stereocenters. The fraction of sp³-hybridized carbons (Fsp3) is 0.143. The molecule has 2 aromatic carbocycles. The summed E-state index contributed by atoms with van der Waals surface area (Å²) >= 11 is 1.50. The summed E-state index contributed by atoms with van der Waals surface area (Å²) < 4.78 is 0. The Bertz CT molecular complexity index is 936. The first-order chi connectivity index (χ1) is 12.7. The van der Waals surface area contributed by atoms with Gasteiger partial charge in [-0.25, -0.2) is 0 Å². The molecule has 0 saturated carbocycles. The maximum Gasteiger partial charge on any atom is 0.256 e. The van der Waals surface area contributed by atoms with Crippen molar-refractivity contribution in [3.8, 4) is 0 Å². The minimum absolute atomic E-state index is 0.112. The van der Waals surface area contributed by atoms with Gasteiger partial charge in [0.2, 0.25) is 5.91 Å². The molecule has 1 aliphatic rings. The van der Waals surface area contributed by atoms with E-state index < -0.39 is 0 Å². The average molecular weight is 362 g/mol. The summed E-state index contributed by atoms with van der Waals surface area (Å²) in [4.78, 5) is 26.5. The van der Waals surface area contributed by atoms with Gasteiger partial charge in [-0.1, -0.05) is 30.3 Å². The smallest absolute Gasteiger partial charge is 0.256 e. The van der Waals surface area contributed by atoms with E-state index >= 15 is 0 Å². The molecule has 0 unspecified atom stereocenters. The van der Waals surface area contributed by atoms with Gasteiger partial charge in [0.25, 0.3) is 5.91 Å². The fourth-order valence-electron chi connectivity index (χ4n) is 3.17. The number of fused-ring (bicyclic) bond motifs is 1. The number of nitrogens with one attached hydrogen (secondary N) is 1. The number of rotatable bonds is 4. The van der Waals surface area contributed by atoms with E-state index in [1.807, 2.05) is 64.2 Å². The zero-order valence-electron chi connectivity index (χ0n) is 14.1. The average Bonchev–Trinajstić information content (AvgIpc) is 3.20. The van der Waals surface area contributed by atoms with Crippen molar-refractivity contribution in [1.29, 1.82) is 0 Å². The normalized spacial score (nSPS) is 13.4. The number of benzene rings is 2. The van der Waals surface area contributed by atoms with Crippen LogP contribution in [0.5, 0.6) is 0 Å². The highest BCUT2D eigenvalue weighted by atomic mass is 32.1. The van der Waals surface area contributed by atoms with Crippen LogP contribution in [0.4, 0.5) is 11.4 Å². The molecular formula is C21H18N2O2S. The number of carbonyl (C=O) groups is 2. The summed E-state index contributed by atoms with van der Waals surface area (Å²) in [5.74, 6) is 0.0237. The van der Waals surface area contributed by atoms with Crippen molar-refractivity contribution in [2.24, 2.45) is 0 Å². The summed E-state index contributed by atoms with van der Waals surface area (Å²) in [7, 11) is 0. The van der Waals surface area contributed by atoms with Gasteiger partial charge in [-0.2, -0.15) is 11.3 Å². The molecule has 1 aliphatic heterocycles. The minimum Gasteiger partial charge on any atom is -0.322 e. The molecule has 3 aromatic rings. The molecule has 2 heterocycles. The SMILES string of the molecule is O=C(Nc1ccc2c(c1)CCC(=O)N2Cc1ccccc1)c1ccsc1. The number of hydrogen-bond donors (Lipinski definition) is 1. The number of anilines is 2. The minimum atomic E-state index is -0.112. The Morgan fingerprint density at radius 2 is 1.92 bits per heavy atom. The van der Waals surface area contributed by atoms with Crippen molar-refractivity contribution < 1.29 is 9.59 Å². The maximum atomic E-state index is 12.4. The van der Waals surface area contributed by atoms with E-state index in [2.05, 4.69) is 5.32 Å². The molecule has 5 heteroatoms. The largest absolute Gasteiger partial charge is 0.322 e. The Balaban J connectivity index is 1.57. The van der Waals surface area contributed by atoms with E-state index in [9.17, 15) is 9.59 Å². The standard InChI is InChI=1S/C21H18N2O2S/c24-20-9-6-16-12-18(22-21(25)17-10-11-26-14-17)7-8-19(16)23(20)13-15-4-2-1-3-5-15/h1-5,7-8,10-12,14H,6,9,13H2,(H,22,25). The highest BCUT2D eigenvalue weighted by Gasteiger charge is 2.24. The van der Waals surface area contributed by atoms with Crippen molar-refractivity contribution in [3.05, 3.63) is 82.0 Å². The lowest BCUT2D eigenvalue weighted by Gasteiger charge is -2.30. The van der Waals surface area contributed by atoms with E-state index in [0.717, 1.165) is 22.5 Å². The number of thiophene rings is 1. The molecule has 0 bridgehead atoms. The Hall–Kier alpha value is -2.92. The summed E-state index contributed by atoms with van der Waals surface area (Å²) in [5.41, 5.74) is 4.54. The molecule has 0 fully saturated rings. The summed E-state index contributed by atoms with van der Waals surface area (Å²) in [5, 5.41) is 6.65. The van der Waals surface area contributed by atoms with Crippen molar-refractivity contribution in [3.63, 3.8) is 0 Å². The van der Waals surface area contributed by atoms with Crippen LogP contribution >= 0.6 is 11.3 Å². The van der Waals surface area contributed by atoms with Crippen LogP contribution in [0.25, 0.3) is 0 Å². The highest BCUT2D eigenvalue weighted by molar-refractivity contribution is 7.08. The van der Waals surface area contributed by atoms with Crippen LogP contribution in [0.15, 0.2) is 65.4 Å². The number of carbonyl (C=O) groups excluding carboxylic acids is 2. The topological polar surface area (TPSA) is 49.4 Å². The summed E-state index contributed by atoms with van der Waals surface area (Å²) in [6.45, 7) is 0.563. The molecular weight excluding hydrogens is 344 g/mol. The molecule has 26 heavy (non-hydrogen) atoms. The monoisotopic (exact) mass is 362 g/mol. The van der Waals surface area contributed by atoms with Crippen LogP contribution in [0.3, 0.4) is 0 Å². The number of nitrogens with zero attached hydrogens (tertiary/aromatic N) is 1. The number of aryl methyl sites for hydroxylation is 1. The quantitative estimate of drug-likeness (QED) is 0.744. The zero-order valence-corrected chi connectivity index (χ0v) is 15.0. The van der Waals surface area contributed by atoms with Crippen LogP contribution in [-0.4, -0.2) is 11.8 Å². The lowest BCUT2D eigenvalue weighted by molar-refractivity contribution is -0.119. The lowest BCUT2D eigenvalue weighted by Crippen LogP contribution is -2.34. The number of hydrogen-bond acceptors (Lipinski definition) is 3. The molecule has 1 aromatic heterocycles. The van der Waals surface area contributed by atoms with Crippen LogP contribution in [0.1, 0.15) is 27.9 Å². The predicted molar refractivity (Wildman–Crippen MR) is 105 cm³/mol. The number of amides is 2. The van der Waals surface area contributed by atoms with Gasteiger partial charge in [-0.3, -0.25) is 9.59 Å². The Morgan fingerprint density at radius 1 is 1.08 bits per heavy atom. The molecule has 1 N–H and O–H groups in total. The van der Waals surface area contributed by atoms with E-state index in [1.54, 1.807) is 6.07 Å². The molecule has 0 saturated heterocycles. The van der Waals surface area contributed by atoms with Gasteiger partial charge in [0.1, 0.15) is 0 Å². The predicted octanol–water partition coefficient (Wildman–Crippen LogP) is 4.48. The first kappa shape index (κ1) is 16.5. The van der Waals surface area contributed by atoms with Gasteiger partial charge in [-0.05, 0) is 47.2 Å². The van der Waals surface area contributed by atoms with E-state index in [4.69, 9.17) is 0 Å². The van der Waals surface area contributed by atoms with Crippen molar-refractivity contribution in [1.82, 2.24) is 0 Å². The second-order valence-corrected chi connectivity index (χ2v) is 7.06. The summed E-state index contributed by atoms with van der Waals surface area (Å²) in [6, 6.07) is 17.5. The van der Waals surface area contributed by atoms with Gasteiger partial charge in [0.05, 0.1) is 12.1 Å². The van der Waals surface area contributed by atoms with Crippen molar-refractivity contribution >= 4 is 34.5 Å². The van der Waals surface area contributed by atoms with E-state index in [1.165, 1.54) is 11.3 Å². The van der Waals surface area contributed by atoms with Crippen molar-refractivity contribution in [2.75, 3.05) is 10.2 Å². The van der Waals surface area contributed by atoms with Crippen LogP contribution in [-0.2, 0) is 17.8 Å².